The van der Waals surface area contributed by atoms with Crippen molar-refractivity contribution in [3.63, 3.8) is 0 Å². The average Bonchev–Trinajstić information content (AvgIpc) is 3.29. The quantitative estimate of drug-likeness (QED) is 0.594. The second-order valence-corrected chi connectivity index (χ2v) is 10.7. The summed E-state index contributed by atoms with van der Waals surface area (Å²) in [6, 6.07) is 14.8. The van der Waals surface area contributed by atoms with Gasteiger partial charge in [-0.15, -0.1) is 0 Å². The van der Waals surface area contributed by atoms with Crippen molar-refractivity contribution < 1.29 is 13.2 Å². The van der Waals surface area contributed by atoms with Crippen LogP contribution in [-0.2, 0) is 22.9 Å². The van der Waals surface area contributed by atoms with Crippen molar-refractivity contribution in [2.75, 3.05) is 26.2 Å². The number of aromatic nitrogens is 2. The molecular weight excluding hydrogens is 436 g/mol. The summed E-state index contributed by atoms with van der Waals surface area (Å²) in [7, 11) is -3.56. The van der Waals surface area contributed by atoms with E-state index in [-0.39, 0.29) is 5.91 Å². The Morgan fingerprint density at radius 3 is 2.24 bits per heavy atom. The van der Waals surface area contributed by atoms with Crippen LogP contribution in [0.15, 0.2) is 59.6 Å². The number of amides is 1. The Bertz CT molecular complexity index is 1270. The lowest BCUT2D eigenvalue weighted by molar-refractivity contribution is 0.0698. The summed E-state index contributed by atoms with van der Waals surface area (Å²) in [6.45, 7) is 3.33. The monoisotopic (exact) mass is 464 g/mol. The van der Waals surface area contributed by atoms with E-state index in [0.29, 0.717) is 36.6 Å². The van der Waals surface area contributed by atoms with Crippen LogP contribution in [0.4, 0.5) is 0 Å². The lowest BCUT2D eigenvalue weighted by Crippen LogP contribution is -2.50. The molecule has 1 amide bonds. The molecule has 8 heteroatoms. The fourth-order valence-electron chi connectivity index (χ4n) is 4.72. The molecule has 1 aromatic heterocycles. The number of carbonyl (C=O) groups excluding carboxylic acids is 1. The van der Waals surface area contributed by atoms with Gasteiger partial charge in [0.25, 0.3) is 5.91 Å². The molecule has 2 heterocycles. The first-order valence-corrected chi connectivity index (χ1v) is 12.9. The first kappa shape index (κ1) is 21.9. The van der Waals surface area contributed by atoms with Crippen LogP contribution in [0.1, 0.15) is 40.0 Å². The molecule has 0 saturated carbocycles. The molecule has 0 spiro atoms. The molecule has 1 aliphatic carbocycles. The van der Waals surface area contributed by atoms with Gasteiger partial charge in [0.2, 0.25) is 10.0 Å². The van der Waals surface area contributed by atoms with Crippen molar-refractivity contribution in [2.45, 2.75) is 37.5 Å². The van der Waals surface area contributed by atoms with Crippen molar-refractivity contribution in [2.24, 2.45) is 0 Å². The van der Waals surface area contributed by atoms with Gasteiger partial charge in [-0.25, -0.2) is 13.1 Å². The normalized spacial score (nSPS) is 17.1. The number of piperazine rings is 1. The van der Waals surface area contributed by atoms with Gasteiger partial charge in [0.1, 0.15) is 0 Å². The van der Waals surface area contributed by atoms with Gasteiger partial charge < -0.3 is 4.90 Å². The van der Waals surface area contributed by atoms with Gasteiger partial charge in [-0.05, 0) is 86.2 Å². The van der Waals surface area contributed by atoms with E-state index in [4.69, 9.17) is 0 Å². The highest BCUT2D eigenvalue weighted by atomic mass is 32.2. The Morgan fingerprint density at radius 2 is 1.58 bits per heavy atom. The van der Waals surface area contributed by atoms with E-state index in [0.717, 1.165) is 36.2 Å². The average molecular weight is 465 g/mol. The van der Waals surface area contributed by atoms with Gasteiger partial charge in [0, 0.05) is 43.6 Å². The molecule has 0 N–H and O–H groups in total. The number of aryl methyl sites for hydroxylation is 3. The highest BCUT2D eigenvalue weighted by Crippen LogP contribution is 2.26. The third-order valence-corrected chi connectivity index (χ3v) is 8.57. The second-order valence-electron chi connectivity index (χ2n) is 8.77. The largest absolute Gasteiger partial charge is 0.336 e. The van der Waals surface area contributed by atoms with E-state index >= 15 is 0 Å². The second kappa shape index (κ2) is 8.76. The molecule has 0 atom stereocenters. The van der Waals surface area contributed by atoms with Gasteiger partial charge in [-0.2, -0.15) is 9.40 Å². The fraction of sp³-hybridized carbons (Fsp3) is 0.360. The zero-order chi connectivity index (χ0) is 23.0. The number of fused-ring (bicyclic) bond motifs is 1. The molecule has 1 aliphatic heterocycles. The zero-order valence-corrected chi connectivity index (χ0v) is 19.6. The molecule has 3 aromatic rings. The molecule has 1 saturated heterocycles. The lowest BCUT2D eigenvalue weighted by atomic mass is 9.92. The summed E-state index contributed by atoms with van der Waals surface area (Å²) < 4.78 is 29.7. The molecule has 5 rings (SSSR count). The van der Waals surface area contributed by atoms with Crippen LogP contribution in [0.5, 0.6) is 0 Å². The summed E-state index contributed by atoms with van der Waals surface area (Å²) >= 11 is 0. The topological polar surface area (TPSA) is 75.5 Å². The summed E-state index contributed by atoms with van der Waals surface area (Å²) in [4.78, 5) is 15.1. The number of benzene rings is 2. The summed E-state index contributed by atoms with van der Waals surface area (Å²) in [5.74, 6) is -0.0791. The van der Waals surface area contributed by atoms with E-state index in [9.17, 15) is 13.2 Å². The standard InChI is InChI=1S/C25H28N4O3S/c1-19-12-13-26-29(19)23-9-6-21(7-10-23)25(30)27-14-16-28(17-15-27)33(31,32)24-11-8-20-4-2-3-5-22(20)18-24/h6-13,18H,2-5,14-17H2,1H3. The van der Waals surface area contributed by atoms with Gasteiger partial charge in [-0.3, -0.25) is 4.79 Å². The highest BCUT2D eigenvalue weighted by molar-refractivity contribution is 7.89. The maximum Gasteiger partial charge on any atom is 0.253 e. The van der Waals surface area contributed by atoms with Crippen LogP contribution in [0.25, 0.3) is 5.69 Å². The number of hydrogen-bond acceptors (Lipinski definition) is 4. The molecular formula is C25H28N4O3S. The van der Waals surface area contributed by atoms with Crippen LogP contribution in [0.3, 0.4) is 0 Å². The van der Waals surface area contributed by atoms with Gasteiger partial charge in [-0.1, -0.05) is 6.07 Å². The Morgan fingerprint density at radius 1 is 0.879 bits per heavy atom. The van der Waals surface area contributed by atoms with E-state index in [1.807, 2.05) is 41.9 Å². The SMILES string of the molecule is Cc1ccnn1-c1ccc(C(=O)N2CCN(S(=O)(=O)c3ccc4c(c3)CCCC4)CC2)cc1. The smallest absolute Gasteiger partial charge is 0.253 e. The van der Waals surface area contributed by atoms with Crippen LogP contribution in [-0.4, -0.2) is 59.5 Å². The molecule has 2 aliphatic rings. The van der Waals surface area contributed by atoms with Gasteiger partial charge >= 0.3 is 0 Å². The van der Waals surface area contributed by atoms with Crippen molar-refractivity contribution in [3.8, 4) is 5.69 Å². The first-order chi connectivity index (χ1) is 15.9. The molecule has 0 radical (unpaired) electrons. The predicted molar refractivity (Wildman–Crippen MR) is 126 cm³/mol. The molecule has 172 valence electrons. The third kappa shape index (κ3) is 4.20. The number of rotatable bonds is 4. The Balaban J connectivity index is 1.25. The Labute approximate surface area is 194 Å². The summed E-state index contributed by atoms with van der Waals surface area (Å²) in [5, 5.41) is 4.29. The molecule has 7 nitrogen and oxygen atoms in total. The lowest BCUT2D eigenvalue weighted by Gasteiger charge is -2.34. The maximum atomic E-state index is 13.2. The maximum absolute atomic E-state index is 13.2. The van der Waals surface area contributed by atoms with E-state index in [1.165, 1.54) is 16.3 Å². The zero-order valence-electron chi connectivity index (χ0n) is 18.8. The van der Waals surface area contributed by atoms with Crippen LogP contribution < -0.4 is 0 Å². The Hall–Kier alpha value is -2.97. The predicted octanol–water partition coefficient (Wildman–Crippen LogP) is 3.21. The summed E-state index contributed by atoms with van der Waals surface area (Å²) in [6.07, 6.45) is 5.99. The van der Waals surface area contributed by atoms with Crippen LogP contribution in [0.2, 0.25) is 0 Å². The van der Waals surface area contributed by atoms with Crippen molar-refractivity contribution in [1.29, 1.82) is 0 Å². The van der Waals surface area contributed by atoms with Crippen molar-refractivity contribution in [3.05, 3.63) is 77.1 Å². The molecule has 33 heavy (non-hydrogen) atoms. The minimum atomic E-state index is -3.56. The van der Waals surface area contributed by atoms with Crippen LogP contribution >= 0.6 is 0 Å². The molecule has 0 unspecified atom stereocenters. The third-order valence-electron chi connectivity index (χ3n) is 6.67. The minimum absolute atomic E-state index is 0.0791. The molecule has 1 fully saturated rings. The van der Waals surface area contributed by atoms with E-state index < -0.39 is 10.0 Å². The summed E-state index contributed by atoms with van der Waals surface area (Å²) in [5.41, 5.74) is 4.93. The number of sulfonamides is 1. The molecule has 0 bridgehead atoms. The van der Waals surface area contributed by atoms with E-state index in [1.54, 1.807) is 29.3 Å². The number of hydrogen-bond donors (Lipinski definition) is 0. The van der Waals surface area contributed by atoms with Crippen LogP contribution in [0, 0.1) is 6.92 Å². The fourth-order valence-corrected chi connectivity index (χ4v) is 6.19. The Kier molecular flexibility index (Phi) is 5.80. The van der Waals surface area contributed by atoms with Gasteiger partial charge in [0.05, 0.1) is 10.6 Å². The van der Waals surface area contributed by atoms with Crippen molar-refractivity contribution >= 4 is 15.9 Å². The molecule has 2 aromatic carbocycles. The minimum Gasteiger partial charge on any atom is -0.336 e. The first-order valence-electron chi connectivity index (χ1n) is 11.5. The van der Waals surface area contributed by atoms with Crippen molar-refractivity contribution in [1.82, 2.24) is 19.0 Å². The highest BCUT2D eigenvalue weighted by Gasteiger charge is 2.31. The van der Waals surface area contributed by atoms with Gasteiger partial charge in [0.15, 0.2) is 0 Å². The van der Waals surface area contributed by atoms with E-state index in [2.05, 4.69) is 5.10 Å². The number of nitrogens with zero attached hydrogens (tertiary/aromatic N) is 4. The number of carbonyl (C=O) groups is 1.